The highest BCUT2D eigenvalue weighted by Gasteiger charge is 2.18. The predicted molar refractivity (Wildman–Crippen MR) is 70.7 cm³/mol. The van der Waals surface area contributed by atoms with Crippen LogP contribution in [0.5, 0.6) is 0 Å². The number of halogens is 2. The van der Waals surface area contributed by atoms with E-state index in [4.69, 9.17) is 9.26 Å². The minimum Gasteiger partial charge on any atom is -0.385 e. The molecule has 1 amide bonds. The normalized spacial score (nSPS) is 10.6. The van der Waals surface area contributed by atoms with Crippen LogP contribution in [0.1, 0.15) is 16.8 Å². The van der Waals surface area contributed by atoms with E-state index in [0.29, 0.717) is 19.6 Å². The highest BCUT2D eigenvalue weighted by Crippen LogP contribution is 2.25. The Morgan fingerprint density at radius 2 is 2.19 bits per heavy atom. The van der Waals surface area contributed by atoms with Crippen molar-refractivity contribution in [3.8, 4) is 11.3 Å². The van der Waals surface area contributed by atoms with Gasteiger partial charge < -0.3 is 14.6 Å². The van der Waals surface area contributed by atoms with Crippen LogP contribution in [0.2, 0.25) is 0 Å². The van der Waals surface area contributed by atoms with Crippen LogP contribution in [-0.2, 0) is 4.74 Å². The maximum Gasteiger partial charge on any atom is 0.256 e. The lowest BCUT2D eigenvalue weighted by Gasteiger charge is -2.04. The van der Waals surface area contributed by atoms with Crippen LogP contribution in [0.3, 0.4) is 0 Å². The summed E-state index contributed by atoms with van der Waals surface area (Å²) >= 11 is 0. The first-order valence-corrected chi connectivity index (χ1v) is 6.30. The van der Waals surface area contributed by atoms with Crippen molar-refractivity contribution in [2.24, 2.45) is 0 Å². The summed E-state index contributed by atoms with van der Waals surface area (Å²) in [5, 5.41) is 6.21. The monoisotopic (exact) mass is 296 g/mol. The number of carbonyl (C=O) groups excluding carboxylic acids is 1. The van der Waals surface area contributed by atoms with E-state index in [-0.39, 0.29) is 16.9 Å². The number of rotatable bonds is 6. The zero-order valence-corrected chi connectivity index (χ0v) is 11.4. The summed E-state index contributed by atoms with van der Waals surface area (Å²) in [5.41, 5.74) is 0.409. The molecule has 0 fully saturated rings. The minimum atomic E-state index is -1.02. The highest BCUT2D eigenvalue weighted by molar-refractivity contribution is 5.99. The molecule has 2 rings (SSSR count). The second kappa shape index (κ2) is 6.94. The average molecular weight is 296 g/mol. The van der Waals surface area contributed by atoms with Crippen molar-refractivity contribution in [3.63, 3.8) is 0 Å². The Morgan fingerprint density at radius 1 is 1.38 bits per heavy atom. The number of ether oxygens (including phenoxy) is 1. The quantitative estimate of drug-likeness (QED) is 0.831. The molecule has 112 valence electrons. The van der Waals surface area contributed by atoms with E-state index in [2.05, 4.69) is 10.5 Å². The zero-order valence-electron chi connectivity index (χ0n) is 11.4. The Balaban J connectivity index is 2.14. The summed E-state index contributed by atoms with van der Waals surface area (Å²) < 4.78 is 36.0. The molecule has 0 saturated heterocycles. The molecule has 0 aliphatic carbocycles. The predicted octanol–water partition coefficient (Wildman–Crippen LogP) is 2.39. The van der Waals surface area contributed by atoms with Gasteiger partial charge in [-0.3, -0.25) is 4.79 Å². The van der Waals surface area contributed by atoms with Gasteiger partial charge in [0.1, 0.15) is 5.56 Å². The molecule has 0 unspecified atom stereocenters. The van der Waals surface area contributed by atoms with Crippen LogP contribution in [0.4, 0.5) is 8.78 Å². The van der Waals surface area contributed by atoms with Gasteiger partial charge in [0.05, 0.1) is 6.20 Å². The third-order valence-corrected chi connectivity index (χ3v) is 2.81. The van der Waals surface area contributed by atoms with Crippen LogP contribution in [0.25, 0.3) is 11.3 Å². The van der Waals surface area contributed by atoms with Crippen molar-refractivity contribution in [2.45, 2.75) is 6.42 Å². The molecule has 7 heteroatoms. The van der Waals surface area contributed by atoms with Gasteiger partial charge in [0.2, 0.25) is 0 Å². The van der Waals surface area contributed by atoms with Crippen molar-refractivity contribution in [1.82, 2.24) is 10.5 Å². The van der Waals surface area contributed by atoms with Gasteiger partial charge in [-0.05, 0) is 24.6 Å². The molecular weight excluding hydrogens is 282 g/mol. The molecular formula is C14H14F2N2O3. The fourth-order valence-electron chi connectivity index (χ4n) is 1.76. The maximum atomic E-state index is 13.2. The Bertz CT molecular complexity index is 628. The van der Waals surface area contributed by atoms with Crippen molar-refractivity contribution < 1.29 is 22.8 Å². The number of nitrogens with one attached hydrogen (secondary N) is 1. The Morgan fingerprint density at radius 3 is 2.90 bits per heavy atom. The largest absolute Gasteiger partial charge is 0.385 e. The van der Waals surface area contributed by atoms with Gasteiger partial charge in [-0.25, -0.2) is 8.78 Å². The number of hydrogen-bond acceptors (Lipinski definition) is 4. The molecule has 0 bridgehead atoms. The van der Waals surface area contributed by atoms with Gasteiger partial charge in [0.15, 0.2) is 17.4 Å². The third kappa shape index (κ3) is 3.63. The lowest BCUT2D eigenvalue weighted by atomic mass is 10.1. The lowest BCUT2D eigenvalue weighted by Crippen LogP contribution is -2.25. The molecule has 21 heavy (non-hydrogen) atoms. The maximum absolute atomic E-state index is 13.2. The molecule has 2 aromatic rings. The van der Waals surface area contributed by atoms with E-state index in [1.165, 1.54) is 12.3 Å². The second-order valence-corrected chi connectivity index (χ2v) is 4.30. The first kappa shape index (κ1) is 15.1. The summed E-state index contributed by atoms with van der Waals surface area (Å²) in [6, 6.07) is 3.24. The van der Waals surface area contributed by atoms with Crippen molar-refractivity contribution in [1.29, 1.82) is 0 Å². The van der Waals surface area contributed by atoms with Gasteiger partial charge >= 0.3 is 0 Å². The summed E-state index contributed by atoms with van der Waals surface area (Å²) in [5.74, 6) is -2.29. The zero-order chi connectivity index (χ0) is 15.2. The summed E-state index contributed by atoms with van der Waals surface area (Å²) in [4.78, 5) is 12.0. The molecule has 0 atom stereocenters. The third-order valence-electron chi connectivity index (χ3n) is 2.81. The van der Waals surface area contributed by atoms with Crippen LogP contribution < -0.4 is 5.32 Å². The van der Waals surface area contributed by atoms with E-state index < -0.39 is 17.5 Å². The van der Waals surface area contributed by atoms with Crippen molar-refractivity contribution >= 4 is 5.91 Å². The minimum absolute atomic E-state index is 0.0955. The van der Waals surface area contributed by atoms with Crippen molar-refractivity contribution in [2.75, 3.05) is 20.3 Å². The Labute approximate surface area is 119 Å². The summed E-state index contributed by atoms with van der Waals surface area (Å²) in [6.07, 6.45) is 1.90. The topological polar surface area (TPSA) is 64.4 Å². The van der Waals surface area contributed by atoms with E-state index in [1.807, 2.05) is 0 Å². The van der Waals surface area contributed by atoms with E-state index >= 15 is 0 Å². The first-order chi connectivity index (χ1) is 10.1. The average Bonchev–Trinajstić information content (AvgIpc) is 2.96. The van der Waals surface area contributed by atoms with E-state index in [1.54, 1.807) is 7.11 Å². The number of methoxy groups -OCH3 is 1. The molecule has 0 aliphatic rings. The van der Waals surface area contributed by atoms with E-state index in [9.17, 15) is 13.6 Å². The fourth-order valence-corrected chi connectivity index (χ4v) is 1.76. The molecule has 1 heterocycles. The SMILES string of the molecule is COCCCNC(=O)c1cnoc1-c1ccc(F)c(F)c1. The van der Waals surface area contributed by atoms with Gasteiger partial charge in [-0.15, -0.1) is 0 Å². The molecule has 0 saturated carbocycles. The van der Waals surface area contributed by atoms with E-state index in [0.717, 1.165) is 12.1 Å². The molecule has 5 nitrogen and oxygen atoms in total. The molecule has 1 aromatic heterocycles. The lowest BCUT2D eigenvalue weighted by molar-refractivity contribution is 0.0949. The van der Waals surface area contributed by atoms with Gasteiger partial charge in [-0.1, -0.05) is 5.16 Å². The van der Waals surface area contributed by atoms with Gasteiger partial charge in [0, 0.05) is 25.8 Å². The molecule has 1 aromatic carbocycles. The summed E-state index contributed by atoms with van der Waals surface area (Å²) in [7, 11) is 1.57. The number of nitrogens with zero attached hydrogens (tertiary/aromatic N) is 1. The molecule has 0 aliphatic heterocycles. The fraction of sp³-hybridized carbons (Fsp3) is 0.286. The van der Waals surface area contributed by atoms with Crippen molar-refractivity contribution in [3.05, 3.63) is 41.6 Å². The second-order valence-electron chi connectivity index (χ2n) is 4.30. The molecule has 1 N–H and O–H groups in total. The first-order valence-electron chi connectivity index (χ1n) is 6.30. The van der Waals surface area contributed by atoms with Crippen LogP contribution in [-0.4, -0.2) is 31.3 Å². The van der Waals surface area contributed by atoms with Crippen LogP contribution in [0.15, 0.2) is 28.9 Å². The Kier molecular flexibility index (Phi) is 4.99. The highest BCUT2D eigenvalue weighted by atomic mass is 19.2. The van der Waals surface area contributed by atoms with Crippen LogP contribution in [0, 0.1) is 11.6 Å². The standard InChI is InChI=1S/C14H14F2N2O3/c1-20-6-2-5-17-14(19)10-8-18-21-13(10)9-3-4-11(15)12(16)7-9/h3-4,7-8H,2,5-6H2,1H3,(H,17,19). The number of carbonyl (C=O) groups is 1. The van der Waals surface area contributed by atoms with Crippen LogP contribution >= 0.6 is 0 Å². The number of amides is 1. The van der Waals surface area contributed by atoms with Gasteiger partial charge in [0.25, 0.3) is 5.91 Å². The van der Waals surface area contributed by atoms with Gasteiger partial charge in [-0.2, -0.15) is 0 Å². The summed E-state index contributed by atoms with van der Waals surface area (Å²) in [6.45, 7) is 0.953. The molecule has 0 spiro atoms. The Hall–Kier alpha value is -2.28. The number of hydrogen-bond donors (Lipinski definition) is 1. The number of benzene rings is 1. The number of aromatic nitrogens is 1. The smallest absolute Gasteiger partial charge is 0.256 e. The molecule has 0 radical (unpaired) electrons.